The van der Waals surface area contributed by atoms with Crippen molar-refractivity contribution in [3.05, 3.63) is 77.6 Å². The zero-order valence-corrected chi connectivity index (χ0v) is 19.1. The lowest BCUT2D eigenvalue weighted by molar-refractivity contribution is -0.122. The van der Waals surface area contributed by atoms with E-state index < -0.39 is 0 Å². The van der Waals surface area contributed by atoms with Crippen LogP contribution in [0.15, 0.2) is 60.7 Å². The molecule has 0 saturated carbocycles. The summed E-state index contributed by atoms with van der Waals surface area (Å²) in [6.07, 6.45) is 5.62. The molecule has 4 atom stereocenters. The van der Waals surface area contributed by atoms with Gasteiger partial charge in [-0.1, -0.05) is 36.4 Å². The third kappa shape index (κ3) is 3.58. The molecule has 9 heteroatoms. The van der Waals surface area contributed by atoms with E-state index >= 15 is 0 Å². The number of carbonyl (C=O) groups excluding carboxylic acids is 2. The minimum atomic E-state index is -0.360. The van der Waals surface area contributed by atoms with Gasteiger partial charge < -0.3 is 10.1 Å². The van der Waals surface area contributed by atoms with Gasteiger partial charge in [-0.05, 0) is 54.7 Å². The number of halogens is 1. The Morgan fingerprint density at radius 1 is 0.943 bits per heavy atom. The summed E-state index contributed by atoms with van der Waals surface area (Å²) in [6.45, 7) is 0. The van der Waals surface area contributed by atoms with E-state index in [4.69, 9.17) is 4.74 Å². The molecule has 0 spiro atoms. The quantitative estimate of drug-likeness (QED) is 0.455. The second kappa shape index (κ2) is 8.33. The number of benzene rings is 2. The molecule has 1 aliphatic carbocycles. The maximum Gasteiger partial charge on any atom is 0.260 e. The second-order valence-corrected chi connectivity index (χ2v) is 9.12. The number of rotatable bonds is 4. The van der Waals surface area contributed by atoms with Crippen molar-refractivity contribution in [2.24, 2.45) is 11.8 Å². The fraction of sp³-hybridized carbons (Fsp3) is 0.308. The van der Waals surface area contributed by atoms with Gasteiger partial charge in [0.25, 0.3) is 5.95 Å². The lowest BCUT2D eigenvalue weighted by atomic mass is 9.85. The van der Waals surface area contributed by atoms with Crippen LogP contribution in [0.2, 0.25) is 0 Å². The highest BCUT2D eigenvalue weighted by atomic mass is 19.1. The molecule has 1 saturated heterocycles. The molecule has 0 radical (unpaired) electrons. The maximum atomic E-state index is 13.7. The Kier molecular flexibility index (Phi) is 5.12. The largest absolute Gasteiger partial charge is 0.497 e. The number of methoxy groups -OCH3 is 1. The number of nitrogens with one attached hydrogen (secondary N) is 1. The van der Waals surface area contributed by atoms with Gasteiger partial charge in [-0.3, -0.25) is 9.59 Å². The first kappa shape index (κ1) is 21.5. The normalized spacial score (nSPS) is 25.3. The van der Waals surface area contributed by atoms with Crippen molar-refractivity contribution in [1.29, 1.82) is 0 Å². The molecular formula is C26H24FN5O3. The van der Waals surface area contributed by atoms with Crippen molar-refractivity contribution < 1.29 is 18.7 Å². The molecule has 2 aromatic carbocycles. The van der Waals surface area contributed by atoms with E-state index in [1.807, 2.05) is 36.4 Å². The summed E-state index contributed by atoms with van der Waals surface area (Å²) in [4.78, 5) is 32.0. The van der Waals surface area contributed by atoms with E-state index in [9.17, 15) is 14.0 Å². The molecule has 3 heterocycles. The van der Waals surface area contributed by atoms with Gasteiger partial charge >= 0.3 is 0 Å². The van der Waals surface area contributed by atoms with Crippen LogP contribution in [0.1, 0.15) is 42.5 Å². The van der Waals surface area contributed by atoms with Gasteiger partial charge in [-0.25, -0.2) is 14.0 Å². The van der Waals surface area contributed by atoms with E-state index in [1.54, 1.807) is 23.9 Å². The first-order chi connectivity index (χ1) is 17.0. The monoisotopic (exact) mass is 473 g/mol. The Bertz CT molecular complexity index is 1290. The van der Waals surface area contributed by atoms with E-state index in [1.165, 1.54) is 12.1 Å². The van der Waals surface area contributed by atoms with E-state index in [0.29, 0.717) is 25.2 Å². The lowest BCUT2D eigenvalue weighted by Crippen LogP contribution is -2.32. The number of aromatic nitrogens is 3. The molecule has 3 aromatic rings. The summed E-state index contributed by atoms with van der Waals surface area (Å²) >= 11 is 0. The summed E-state index contributed by atoms with van der Waals surface area (Å²) in [5.74, 6) is -0.253. The van der Waals surface area contributed by atoms with Crippen molar-refractivity contribution >= 4 is 23.7 Å². The highest BCUT2D eigenvalue weighted by molar-refractivity contribution is 6.21. The summed E-state index contributed by atoms with van der Waals surface area (Å²) in [7, 11) is 1.62. The smallest absolute Gasteiger partial charge is 0.260 e. The Hall–Kier alpha value is -4.01. The maximum absolute atomic E-state index is 13.7. The third-order valence-corrected chi connectivity index (χ3v) is 7.16. The van der Waals surface area contributed by atoms with Crippen molar-refractivity contribution in [1.82, 2.24) is 14.8 Å². The number of allylic oxidation sites excluding steroid dienone is 2. The molecule has 6 rings (SSSR count). The molecular weight excluding hydrogens is 449 g/mol. The minimum Gasteiger partial charge on any atom is -0.497 e. The van der Waals surface area contributed by atoms with Crippen LogP contribution in [-0.2, 0) is 9.59 Å². The summed E-state index contributed by atoms with van der Waals surface area (Å²) in [5.41, 5.74) is 1.89. The zero-order valence-electron chi connectivity index (χ0n) is 19.1. The van der Waals surface area contributed by atoms with Crippen LogP contribution in [0, 0.1) is 17.7 Å². The molecule has 8 nitrogen and oxygen atoms in total. The third-order valence-electron chi connectivity index (χ3n) is 7.16. The topological polar surface area (TPSA) is 89.4 Å². The van der Waals surface area contributed by atoms with Gasteiger partial charge in [0.1, 0.15) is 11.6 Å². The molecule has 1 aromatic heterocycles. The van der Waals surface area contributed by atoms with Crippen LogP contribution in [-0.4, -0.2) is 33.7 Å². The van der Waals surface area contributed by atoms with Crippen molar-refractivity contribution in [3.63, 3.8) is 0 Å². The molecule has 2 amide bonds. The SMILES string of the molecule is COc1ccc([C@@H]2C[C@@H](c3ccc(F)cc3)n3nc(N4C(=O)[C@H]5CC=CC[C@H]5C4=O)nc3N2)cc1. The van der Waals surface area contributed by atoms with Crippen LogP contribution < -0.4 is 15.0 Å². The highest BCUT2D eigenvalue weighted by Crippen LogP contribution is 2.41. The highest BCUT2D eigenvalue weighted by Gasteiger charge is 2.50. The van der Waals surface area contributed by atoms with Gasteiger partial charge in [0.15, 0.2) is 0 Å². The first-order valence-corrected chi connectivity index (χ1v) is 11.7. The fourth-order valence-corrected chi connectivity index (χ4v) is 5.28. The Morgan fingerprint density at radius 3 is 2.20 bits per heavy atom. The summed E-state index contributed by atoms with van der Waals surface area (Å²) in [5, 5.41) is 8.03. The summed E-state index contributed by atoms with van der Waals surface area (Å²) < 4.78 is 20.6. The van der Waals surface area contributed by atoms with Crippen LogP contribution in [0.4, 0.5) is 16.3 Å². The van der Waals surface area contributed by atoms with Crippen LogP contribution in [0.5, 0.6) is 5.75 Å². The minimum absolute atomic E-state index is 0.0828. The number of amides is 2. The number of fused-ring (bicyclic) bond motifs is 2. The lowest BCUT2D eigenvalue weighted by Gasteiger charge is -2.31. The van der Waals surface area contributed by atoms with Gasteiger partial charge in [0, 0.05) is 0 Å². The Balaban J connectivity index is 1.39. The van der Waals surface area contributed by atoms with Gasteiger partial charge in [-0.2, -0.15) is 4.98 Å². The molecule has 1 N–H and O–H groups in total. The molecule has 0 unspecified atom stereocenters. The van der Waals surface area contributed by atoms with Crippen LogP contribution >= 0.6 is 0 Å². The molecule has 35 heavy (non-hydrogen) atoms. The average molecular weight is 474 g/mol. The number of nitrogens with zero attached hydrogens (tertiary/aromatic N) is 4. The number of ether oxygens (including phenoxy) is 1. The van der Waals surface area contributed by atoms with Crippen molar-refractivity contribution in [3.8, 4) is 5.75 Å². The number of carbonyl (C=O) groups is 2. The Labute approximate surface area is 201 Å². The fourth-order valence-electron chi connectivity index (χ4n) is 5.28. The molecule has 2 aliphatic heterocycles. The number of imide groups is 1. The molecule has 1 fully saturated rings. The number of hydrogen-bond donors (Lipinski definition) is 1. The number of anilines is 2. The summed E-state index contributed by atoms with van der Waals surface area (Å²) in [6, 6.07) is 13.7. The molecule has 3 aliphatic rings. The zero-order chi connectivity index (χ0) is 24.1. The predicted molar refractivity (Wildman–Crippen MR) is 126 cm³/mol. The number of hydrogen-bond acceptors (Lipinski definition) is 6. The van der Waals surface area contributed by atoms with E-state index in [0.717, 1.165) is 21.8 Å². The van der Waals surface area contributed by atoms with E-state index in [-0.39, 0.29) is 47.5 Å². The predicted octanol–water partition coefficient (Wildman–Crippen LogP) is 4.03. The van der Waals surface area contributed by atoms with Crippen molar-refractivity contribution in [2.75, 3.05) is 17.3 Å². The molecule has 0 bridgehead atoms. The second-order valence-electron chi connectivity index (χ2n) is 9.12. The van der Waals surface area contributed by atoms with E-state index in [2.05, 4.69) is 15.4 Å². The average Bonchev–Trinajstić information content (AvgIpc) is 3.42. The first-order valence-electron chi connectivity index (χ1n) is 11.7. The van der Waals surface area contributed by atoms with Crippen LogP contribution in [0.25, 0.3) is 0 Å². The standard InChI is InChI=1S/C26H24FN5O3/c1-35-18-12-8-15(9-13-18)21-14-22(16-6-10-17(27)11-7-16)32-25(28-21)29-26(30-32)31-23(33)19-4-2-3-5-20(19)24(31)34/h2-3,6-13,19-22H,4-5,14H2,1H3,(H,28,29,30)/t19-,20+,21-,22-/m0/s1. The molecule has 178 valence electrons. The van der Waals surface area contributed by atoms with Gasteiger partial charge in [0.2, 0.25) is 17.8 Å². The van der Waals surface area contributed by atoms with Gasteiger partial charge in [-0.15, -0.1) is 5.10 Å². The van der Waals surface area contributed by atoms with Crippen molar-refractivity contribution in [2.45, 2.75) is 31.3 Å². The Morgan fingerprint density at radius 2 is 1.57 bits per heavy atom. The van der Waals surface area contributed by atoms with Gasteiger partial charge in [0.05, 0.1) is 31.0 Å². The van der Waals surface area contributed by atoms with Crippen LogP contribution in [0.3, 0.4) is 0 Å².